The summed E-state index contributed by atoms with van der Waals surface area (Å²) in [5.41, 5.74) is 0.475. The summed E-state index contributed by atoms with van der Waals surface area (Å²) < 4.78 is 4.79. The number of carbonyl (C=O) groups is 2. The molecular weight excluding hydrogens is 272 g/mol. The highest BCUT2D eigenvalue weighted by atomic mass is 35.5. The van der Waals surface area contributed by atoms with E-state index in [9.17, 15) is 9.59 Å². The van der Waals surface area contributed by atoms with Gasteiger partial charge >= 0.3 is 5.97 Å². The zero-order chi connectivity index (χ0) is 14.0. The molecule has 0 spiro atoms. The Kier molecular flexibility index (Phi) is 3.52. The Balaban J connectivity index is 2.31. The number of aromatic carboxylic acids is 1. The number of nitrogens with zero attached hydrogens (tertiary/aromatic N) is 1. The summed E-state index contributed by atoms with van der Waals surface area (Å²) in [7, 11) is 0. The number of nitrogens with one attached hydrogen (secondary N) is 1. The molecule has 1 aromatic heterocycles. The summed E-state index contributed by atoms with van der Waals surface area (Å²) in [5, 5.41) is 15.1. The van der Waals surface area contributed by atoms with Crippen LogP contribution in [-0.4, -0.2) is 22.1 Å². The van der Waals surface area contributed by atoms with Crippen LogP contribution in [0.25, 0.3) is 0 Å². The highest BCUT2D eigenvalue weighted by Gasteiger charge is 2.18. The zero-order valence-corrected chi connectivity index (χ0v) is 10.6. The van der Waals surface area contributed by atoms with Gasteiger partial charge < -0.3 is 14.9 Å². The molecule has 1 heterocycles. The molecule has 0 saturated heterocycles. The molecular formula is C12H9ClN2O4. The number of halogens is 1. The van der Waals surface area contributed by atoms with E-state index in [1.807, 2.05) is 0 Å². The number of carbonyl (C=O) groups excluding carboxylic acids is 1. The van der Waals surface area contributed by atoms with Crippen LogP contribution in [0.2, 0.25) is 5.02 Å². The van der Waals surface area contributed by atoms with E-state index >= 15 is 0 Å². The largest absolute Gasteiger partial charge is 0.478 e. The summed E-state index contributed by atoms with van der Waals surface area (Å²) >= 11 is 5.79. The van der Waals surface area contributed by atoms with E-state index < -0.39 is 11.9 Å². The van der Waals surface area contributed by atoms with Crippen molar-refractivity contribution >= 4 is 29.2 Å². The highest BCUT2D eigenvalue weighted by Crippen LogP contribution is 2.24. The summed E-state index contributed by atoms with van der Waals surface area (Å²) in [4.78, 5) is 22.9. The lowest BCUT2D eigenvalue weighted by Gasteiger charge is -2.07. The van der Waals surface area contributed by atoms with Crippen LogP contribution >= 0.6 is 11.6 Å². The van der Waals surface area contributed by atoms with Crippen LogP contribution in [0.5, 0.6) is 0 Å². The van der Waals surface area contributed by atoms with E-state index in [1.165, 1.54) is 24.3 Å². The number of aromatic nitrogens is 1. The van der Waals surface area contributed by atoms with E-state index in [1.54, 1.807) is 6.92 Å². The summed E-state index contributed by atoms with van der Waals surface area (Å²) in [6.07, 6.45) is 0. The molecule has 0 atom stereocenters. The van der Waals surface area contributed by atoms with Crippen LogP contribution in [0.15, 0.2) is 28.8 Å². The molecule has 7 heteroatoms. The molecule has 0 fully saturated rings. The minimum absolute atomic E-state index is 0.00573. The van der Waals surface area contributed by atoms with E-state index in [4.69, 9.17) is 21.2 Å². The SMILES string of the molecule is Cc1cc(C(=O)Nc2cccc(Cl)c2C(=O)O)on1. The van der Waals surface area contributed by atoms with Gasteiger partial charge in [0.15, 0.2) is 0 Å². The molecule has 1 aromatic carbocycles. The predicted octanol–water partition coefficient (Wildman–Crippen LogP) is 2.59. The van der Waals surface area contributed by atoms with Crippen LogP contribution in [-0.2, 0) is 0 Å². The molecule has 0 aliphatic rings. The fraction of sp³-hybridized carbons (Fsp3) is 0.0833. The van der Waals surface area contributed by atoms with Crippen molar-refractivity contribution in [2.24, 2.45) is 0 Å². The molecule has 0 unspecified atom stereocenters. The fourth-order valence-corrected chi connectivity index (χ4v) is 1.76. The van der Waals surface area contributed by atoms with Crippen molar-refractivity contribution in [2.75, 3.05) is 5.32 Å². The van der Waals surface area contributed by atoms with Gasteiger partial charge in [-0.1, -0.05) is 22.8 Å². The summed E-state index contributed by atoms with van der Waals surface area (Å²) in [5.74, 6) is -1.83. The molecule has 2 rings (SSSR count). The van der Waals surface area contributed by atoms with E-state index in [-0.39, 0.29) is 22.0 Å². The number of benzene rings is 1. The first-order chi connectivity index (χ1) is 8.99. The molecule has 0 bridgehead atoms. The first-order valence-electron chi connectivity index (χ1n) is 5.25. The Morgan fingerprint density at radius 3 is 2.74 bits per heavy atom. The van der Waals surface area contributed by atoms with Gasteiger partial charge in [-0.05, 0) is 19.1 Å². The van der Waals surface area contributed by atoms with Crippen molar-refractivity contribution in [1.29, 1.82) is 0 Å². The maximum Gasteiger partial charge on any atom is 0.339 e. The van der Waals surface area contributed by atoms with Gasteiger partial charge in [-0.15, -0.1) is 0 Å². The second kappa shape index (κ2) is 5.11. The maximum atomic E-state index is 11.8. The molecule has 0 aliphatic heterocycles. The lowest BCUT2D eigenvalue weighted by molar-refractivity contribution is 0.0698. The van der Waals surface area contributed by atoms with Crippen molar-refractivity contribution in [3.8, 4) is 0 Å². The third-order valence-electron chi connectivity index (χ3n) is 2.33. The van der Waals surface area contributed by atoms with Gasteiger partial charge in [-0.3, -0.25) is 4.79 Å². The van der Waals surface area contributed by atoms with Crippen molar-refractivity contribution in [3.63, 3.8) is 0 Å². The molecule has 2 N–H and O–H groups in total. The number of carboxylic acids is 1. The van der Waals surface area contributed by atoms with Gasteiger partial charge in [-0.2, -0.15) is 0 Å². The van der Waals surface area contributed by atoms with E-state index in [2.05, 4.69) is 10.5 Å². The molecule has 0 saturated carbocycles. The second-order valence-electron chi connectivity index (χ2n) is 3.75. The smallest absolute Gasteiger partial charge is 0.339 e. The monoisotopic (exact) mass is 280 g/mol. The first-order valence-corrected chi connectivity index (χ1v) is 5.63. The molecule has 6 nitrogen and oxygen atoms in total. The second-order valence-corrected chi connectivity index (χ2v) is 4.16. The van der Waals surface area contributed by atoms with Gasteiger partial charge in [0.05, 0.1) is 16.4 Å². The molecule has 0 radical (unpaired) electrons. The summed E-state index contributed by atoms with van der Waals surface area (Å²) in [6, 6.07) is 5.85. The van der Waals surface area contributed by atoms with Crippen molar-refractivity contribution in [3.05, 3.63) is 46.3 Å². The van der Waals surface area contributed by atoms with Gasteiger partial charge in [0.1, 0.15) is 5.56 Å². The standard InChI is InChI=1S/C12H9ClN2O4/c1-6-5-9(19-15-6)11(16)14-8-4-2-3-7(13)10(8)12(17)18/h2-5H,1H3,(H,14,16)(H,17,18). The topological polar surface area (TPSA) is 92.4 Å². The average Bonchev–Trinajstić information content (AvgIpc) is 2.75. The maximum absolute atomic E-state index is 11.8. The molecule has 19 heavy (non-hydrogen) atoms. The number of hydrogen-bond donors (Lipinski definition) is 2. The van der Waals surface area contributed by atoms with Crippen LogP contribution in [0, 0.1) is 6.92 Å². The lowest BCUT2D eigenvalue weighted by Crippen LogP contribution is -2.14. The quantitative estimate of drug-likeness (QED) is 0.901. The Bertz CT molecular complexity index is 651. The number of hydrogen-bond acceptors (Lipinski definition) is 4. The number of aryl methyl sites for hydroxylation is 1. The Labute approximate surface area is 113 Å². The Hall–Kier alpha value is -2.34. The predicted molar refractivity (Wildman–Crippen MR) is 67.6 cm³/mol. The molecule has 1 amide bonds. The highest BCUT2D eigenvalue weighted by molar-refractivity contribution is 6.34. The normalized spacial score (nSPS) is 10.2. The average molecular weight is 281 g/mol. The summed E-state index contributed by atoms with van der Waals surface area (Å²) in [6.45, 7) is 1.67. The Morgan fingerprint density at radius 2 is 2.16 bits per heavy atom. The van der Waals surface area contributed by atoms with Crippen molar-refractivity contribution in [1.82, 2.24) is 5.16 Å². The molecule has 0 aliphatic carbocycles. The minimum Gasteiger partial charge on any atom is -0.478 e. The van der Waals surface area contributed by atoms with Crippen LogP contribution in [0.4, 0.5) is 5.69 Å². The van der Waals surface area contributed by atoms with E-state index in [0.29, 0.717) is 5.69 Å². The third-order valence-corrected chi connectivity index (χ3v) is 2.64. The number of carboxylic acid groups (broad SMARTS) is 1. The molecule has 2 aromatic rings. The van der Waals surface area contributed by atoms with Crippen LogP contribution in [0.3, 0.4) is 0 Å². The van der Waals surface area contributed by atoms with E-state index in [0.717, 1.165) is 0 Å². The van der Waals surface area contributed by atoms with Crippen LogP contribution < -0.4 is 5.32 Å². The van der Waals surface area contributed by atoms with Crippen molar-refractivity contribution in [2.45, 2.75) is 6.92 Å². The Morgan fingerprint density at radius 1 is 1.42 bits per heavy atom. The van der Waals surface area contributed by atoms with Crippen LogP contribution in [0.1, 0.15) is 26.6 Å². The zero-order valence-electron chi connectivity index (χ0n) is 9.81. The minimum atomic E-state index is -1.23. The van der Waals surface area contributed by atoms with Gasteiger partial charge in [0.2, 0.25) is 5.76 Å². The number of rotatable bonds is 3. The third kappa shape index (κ3) is 2.74. The number of amides is 1. The van der Waals surface area contributed by atoms with Gasteiger partial charge in [0, 0.05) is 6.07 Å². The number of anilines is 1. The fourth-order valence-electron chi connectivity index (χ4n) is 1.50. The lowest BCUT2D eigenvalue weighted by atomic mass is 10.1. The van der Waals surface area contributed by atoms with Gasteiger partial charge in [0.25, 0.3) is 5.91 Å². The van der Waals surface area contributed by atoms with Gasteiger partial charge in [-0.25, -0.2) is 4.79 Å². The molecule has 98 valence electrons. The van der Waals surface area contributed by atoms with Crippen molar-refractivity contribution < 1.29 is 19.2 Å². The first kappa shape index (κ1) is 13.1.